The van der Waals surface area contributed by atoms with Crippen molar-refractivity contribution in [1.29, 1.82) is 0 Å². The van der Waals surface area contributed by atoms with E-state index in [0.29, 0.717) is 18.1 Å². The van der Waals surface area contributed by atoms with Crippen LogP contribution in [0.25, 0.3) is 0 Å². The molecule has 4 atom stereocenters. The molecule has 1 saturated carbocycles. The van der Waals surface area contributed by atoms with E-state index in [1.165, 1.54) is 5.56 Å². The minimum atomic E-state index is -0.318. The Balaban J connectivity index is 1.58. The highest BCUT2D eigenvalue weighted by molar-refractivity contribution is 5.82. The van der Waals surface area contributed by atoms with Crippen LogP contribution >= 0.6 is 0 Å². The van der Waals surface area contributed by atoms with Crippen molar-refractivity contribution >= 4 is 5.78 Å². The van der Waals surface area contributed by atoms with Crippen molar-refractivity contribution in [3.8, 4) is 0 Å². The predicted octanol–water partition coefficient (Wildman–Crippen LogP) is 3.71. The van der Waals surface area contributed by atoms with Crippen molar-refractivity contribution in [2.75, 3.05) is 0 Å². The summed E-state index contributed by atoms with van der Waals surface area (Å²) in [7, 11) is 0. The van der Waals surface area contributed by atoms with Gasteiger partial charge >= 0.3 is 0 Å². The van der Waals surface area contributed by atoms with Crippen LogP contribution in [0, 0.1) is 11.8 Å². The summed E-state index contributed by atoms with van der Waals surface area (Å²) >= 11 is 0. The van der Waals surface area contributed by atoms with Gasteiger partial charge in [-0.2, -0.15) is 0 Å². The van der Waals surface area contributed by atoms with E-state index in [4.69, 9.17) is 9.78 Å². The van der Waals surface area contributed by atoms with Crippen molar-refractivity contribution in [3.63, 3.8) is 0 Å². The van der Waals surface area contributed by atoms with Crippen LogP contribution in [0.3, 0.4) is 0 Å². The van der Waals surface area contributed by atoms with Crippen LogP contribution in [0.15, 0.2) is 30.3 Å². The summed E-state index contributed by atoms with van der Waals surface area (Å²) in [6.45, 7) is 4.05. The fourth-order valence-electron chi connectivity index (χ4n) is 3.57. The Kier molecular flexibility index (Phi) is 4.14. The Labute approximate surface area is 126 Å². The highest BCUT2D eigenvalue weighted by Gasteiger charge is 2.49. The molecule has 3 nitrogen and oxygen atoms in total. The van der Waals surface area contributed by atoms with E-state index in [1.54, 1.807) is 0 Å². The van der Waals surface area contributed by atoms with Gasteiger partial charge in [-0.25, -0.2) is 9.78 Å². The van der Waals surface area contributed by atoms with Crippen LogP contribution in [0.2, 0.25) is 0 Å². The average molecular weight is 288 g/mol. The average Bonchev–Trinajstić information content (AvgIpc) is 2.49. The zero-order valence-electron chi connectivity index (χ0n) is 12.9. The molecule has 2 aliphatic rings. The maximum absolute atomic E-state index is 12.1. The number of aryl methyl sites for hydroxylation is 1. The number of ketones is 1. The monoisotopic (exact) mass is 288 g/mol. The minimum Gasteiger partial charge on any atom is -0.299 e. The Hall–Kier alpha value is -1.19. The van der Waals surface area contributed by atoms with E-state index in [2.05, 4.69) is 31.2 Å². The number of rotatable bonds is 4. The second-order valence-corrected chi connectivity index (χ2v) is 6.76. The molecule has 2 fully saturated rings. The van der Waals surface area contributed by atoms with Gasteiger partial charge in [0.1, 0.15) is 17.5 Å². The number of carbonyl (C=O) groups excluding carboxylic acids is 1. The Bertz CT molecular complexity index is 498. The Morgan fingerprint density at radius 2 is 2.05 bits per heavy atom. The Morgan fingerprint density at radius 1 is 1.29 bits per heavy atom. The lowest BCUT2D eigenvalue weighted by Crippen LogP contribution is -2.52. The van der Waals surface area contributed by atoms with E-state index in [0.717, 1.165) is 25.7 Å². The molecule has 0 N–H and O–H groups in total. The SMILES string of the molecule is C[C@@H]1C(=O)C[C@H]2C[C@@H]1OO[C@@]2(C)CCCc1ccccc1. The van der Waals surface area contributed by atoms with Gasteiger partial charge in [-0.1, -0.05) is 37.3 Å². The molecule has 3 rings (SSSR count). The third kappa shape index (κ3) is 3.04. The lowest BCUT2D eigenvalue weighted by Gasteiger charge is -2.47. The predicted molar refractivity (Wildman–Crippen MR) is 80.6 cm³/mol. The molecule has 1 heterocycles. The fourth-order valence-corrected chi connectivity index (χ4v) is 3.57. The largest absolute Gasteiger partial charge is 0.299 e. The molecule has 0 radical (unpaired) electrons. The number of benzene rings is 1. The summed E-state index contributed by atoms with van der Waals surface area (Å²) in [5, 5.41) is 0. The maximum Gasteiger partial charge on any atom is 0.138 e. The van der Waals surface area contributed by atoms with Gasteiger partial charge in [-0.3, -0.25) is 4.79 Å². The lowest BCUT2D eigenvalue weighted by molar-refractivity contribution is -0.429. The van der Waals surface area contributed by atoms with Crippen LogP contribution in [0.1, 0.15) is 45.1 Å². The third-order valence-electron chi connectivity index (χ3n) is 5.24. The second-order valence-electron chi connectivity index (χ2n) is 6.76. The quantitative estimate of drug-likeness (QED) is 0.792. The first-order valence-corrected chi connectivity index (χ1v) is 7.99. The topological polar surface area (TPSA) is 35.5 Å². The maximum atomic E-state index is 12.1. The molecule has 1 saturated heterocycles. The number of Topliss-reactive ketones (excluding diaryl/α,β-unsaturated/α-hetero) is 1. The molecule has 3 heteroatoms. The summed E-state index contributed by atoms with van der Waals surface area (Å²) in [6.07, 6.45) is 4.58. The zero-order valence-corrected chi connectivity index (χ0v) is 12.9. The third-order valence-corrected chi connectivity index (χ3v) is 5.24. The van der Waals surface area contributed by atoms with Gasteiger partial charge in [0.2, 0.25) is 0 Å². The van der Waals surface area contributed by atoms with Gasteiger partial charge in [0.15, 0.2) is 0 Å². The van der Waals surface area contributed by atoms with E-state index in [1.807, 2.05) is 13.0 Å². The molecule has 21 heavy (non-hydrogen) atoms. The summed E-state index contributed by atoms with van der Waals surface area (Å²) in [4.78, 5) is 23.3. The first-order chi connectivity index (χ1) is 10.1. The standard InChI is InChI=1S/C18H24O3/c1-13-16(19)11-15-12-17(13)20-21-18(15,2)10-6-9-14-7-4-3-5-8-14/h3-5,7-8,13,15,17H,6,9-12H2,1-2H3/t13-,15+,17+,18+/m1/s1. The van der Waals surface area contributed by atoms with Crippen molar-refractivity contribution < 1.29 is 14.6 Å². The first kappa shape index (κ1) is 14.7. The molecule has 2 bridgehead atoms. The van der Waals surface area contributed by atoms with E-state index in [-0.39, 0.29) is 17.6 Å². The number of hydrogen-bond donors (Lipinski definition) is 0. The fraction of sp³-hybridized carbons (Fsp3) is 0.611. The molecule has 0 unspecified atom stereocenters. The van der Waals surface area contributed by atoms with Crippen LogP contribution in [-0.4, -0.2) is 17.5 Å². The zero-order chi connectivity index (χ0) is 14.9. The molecular weight excluding hydrogens is 264 g/mol. The molecular formula is C18H24O3. The number of carbonyl (C=O) groups is 1. The smallest absolute Gasteiger partial charge is 0.138 e. The molecule has 1 aliphatic carbocycles. The molecule has 1 aliphatic heterocycles. The lowest BCUT2D eigenvalue weighted by atomic mass is 9.70. The number of hydrogen-bond acceptors (Lipinski definition) is 3. The van der Waals surface area contributed by atoms with Crippen molar-refractivity contribution in [3.05, 3.63) is 35.9 Å². The van der Waals surface area contributed by atoms with Gasteiger partial charge in [-0.05, 0) is 38.2 Å². The molecule has 0 spiro atoms. The minimum absolute atomic E-state index is 0.0184. The number of fused-ring (bicyclic) bond motifs is 2. The molecule has 1 aromatic rings. The van der Waals surface area contributed by atoms with Gasteiger partial charge in [0.25, 0.3) is 0 Å². The van der Waals surface area contributed by atoms with Crippen LogP contribution in [0.4, 0.5) is 0 Å². The molecule has 114 valence electrons. The van der Waals surface area contributed by atoms with Gasteiger partial charge in [0, 0.05) is 18.3 Å². The van der Waals surface area contributed by atoms with Crippen LogP contribution in [0.5, 0.6) is 0 Å². The summed E-state index contributed by atoms with van der Waals surface area (Å²) in [6, 6.07) is 10.5. The van der Waals surface area contributed by atoms with Crippen molar-refractivity contribution in [2.24, 2.45) is 11.8 Å². The summed E-state index contributed by atoms with van der Waals surface area (Å²) < 4.78 is 0. The summed E-state index contributed by atoms with van der Waals surface area (Å²) in [5.74, 6) is 0.611. The normalized spacial score (nSPS) is 35.7. The highest BCUT2D eigenvalue weighted by Crippen LogP contribution is 2.44. The second kappa shape index (κ2) is 5.90. The molecule has 1 aromatic carbocycles. The van der Waals surface area contributed by atoms with Gasteiger partial charge in [0.05, 0.1) is 0 Å². The van der Waals surface area contributed by atoms with Crippen molar-refractivity contribution in [2.45, 2.75) is 57.7 Å². The van der Waals surface area contributed by atoms with E-state index < -0.39 is 0 Å². The highest BCUT2D eigenvalue weighted by atomic mass is 17.2. The first-order valence-electron chi connectivity index (χ1n) is 7.99. The molecule has 0 amide bonds. The van der Waals surface area contributed by atoms with Gasteiger partial charge in [-0.15, -0.1) is 0 Å². The van der Waals surface area contributed by atoms with E-state index in [9.17, 15) is 4.79 Å². The molecule has 0 aromatic heterocycles. The van der Waals surface area contributed by atoms with Crippen LogP contribution < -0.4 is 0 Å². The Morgan fingerprint density at radius 3 is 2.81 bits per heavy atom. The summed E-state index contributed by atoms with van der Waals surface area (Å²) in [5.41, 5.74) is 1.03. The van der Waals surface area contributed by atoms with Gasteiger partial charge < -0.3 is 0 Å². The van der Waals surface area contributed by atoms with Crippen molar-refractivity contribution in [1.82, 2.24) is 0 Å². The van der Waals surface area contributed by atoms with Crippen LogP contribution in [-0.2, 0) is 21.0 Å². The van der Waals surface area contributed by atoms with E-state index >= 15 is 0 Å².